The van der Waals surface area contributed by atoms with Crippen LogP contribution in [-0.2, 0) is 20.8 Å². The van der Waals surface area contributed by atoms with Crippen molar-refractivity contribution in [3.63, 3.8) is 0 Å². The first kappa shape index (κ1) is 31.2. The van der Waals surface area contributed by atoms with Crippen LogP contribution in [-0.4, -0.2) is 90.6 Å². The SMILES string of the molecule is COc1ccccc1N1CCN(C(=O)C(Cc2ccc3ccccc3c2)NC(=O)C2C[C@@H](O)CN2C(=O)C23CC4CC(CC2C4)C3)CC1. The number of nitrogens with one attached hydrogen (secondary N) is 1. The second-order valence-electron chi connectivity index (χ2n) is 15.0. The summed E-state index contributed by atoms with van der Waals surface area (Å²) in [5, 5.41) is 16.1. The second-order valence-corrected chi connectivity index (χ2v) is 15.0. The fourth-order valence-corrected chi connectivity index (χ4v) is 10.1. The van der Waals surface area contributed by atoms with E-state index in [1.54, 1.807) is 12.0 Å². The van der Waals surface area contributed by atoms with Gasteiger partial charge >= 0.3 is 0 Å². The first-order chi connectivity index (χ1) is 23.3. The Balaban J connectivity index is 1.02. The minimum Gasteiger partial charge on any atom is -0.495 e. The minimum atomic E-state index is -0.803. The molecule has 2 saturated heterocycles. The normalized spacial score (nSPS) is 29.8. The number of nitrogens with zero attached hydrogens (tertiary/aromatic N) is 3. The van der Waals surface area contributed by atoms with Crippen LogP contribution in [0.2, 0.25) is 0 Å². The third kappa shape index (κ3) is 5.50. The maximum Gasteiger partial charge on any atom is 0.245 e. The van der Waals surface area contributed by atoms with Crippen LogP contribution in [0, 0.1) is 23.2 Å². The van der Waals surface area contributed by atoms with E-state index < -0.39 is 18.2 Å². The van der Waals surface area contributed by atoms with Gasteiger partial charge in [-0.1, -0.05) is 54.6 Å². The number of ether oxygens (including phenoxy) is 1. The van der Waals surface area contributed by atoms with Crippen LogP contribution in [0.3, 0.4) is 0 Å². The highest BCUT2D eigenvalue weighted by Gasteiger charge is 2.63. The molecular weight excluding hydrogens is 604 g/mol. The number of amides is 3. The van der Waals surface area contributed by atoms with Crippen molar-refractivity contribution in [2.24, 2.45) is 23.2 Å². The van der Waals surface area contributed by atoms with Crippen molar-refractivity contribution in [3.05, 3.63) is 72.3 Å². The molecule has 9 heteroatoms. The second kappa shape index (κ2) is 12.4. The number of likely N-dealkylation sites (tertiary alicyclic amines) is 1. The number of hydrogen-bond acceptors (Lipinski definition) is 6. The maximum atomic E-state index is 14.3. The number of carbonyl (C=O) groups is 3. The van der Waals surface area contributed by atoms with Gasteiger partial charge in [0.2, 0.25) is 17.7 Å². The number of piperazine rings is 1. The molecule has 3 amide bonds. The van der Waals surface area contributed by atoms with Crippen LogP contribution < -0.4 is 15.0 Å². The average molecular weight is 651 g/mol. The molecule has 0 radical (unpaired) electrons. The van der Waals surface area contributed by atoms with Crippen molar-refractivity contribution in [3.8, 4) is 5.75 Å². The topological polar surface area (TPSA) is 102 Å². The number of methoxy groups -OCH3 is 1. The molecule has 3 aromatic rings. The summed E-state index contributed by atoms with van der Waals surface area (Å²) in [6, 6.07) is 20.6. The monoisotopic (exact) mass is 650 g/mol. The third-order valence-electron chi connectivity index (χ3n) is 12.1. The van der Waals surface area contributed by atoms with Gasteiger partial charge < -0.3 is 29.9 Å². The summed E-state index contributed by atoms with van der Waals surface area (Å²) in [7, 11) is 1.67. The molecule has 0 aromatic heterocycles. The maximum absolute atomic E-state index is 14.3. The van der Waals surface area contributed by atoms with E-state index in [1.807, 2.05) is 47.4 Å². The molecular formula is C39H46N4O5. The number of rotatable bonds is 8. The van der Waals surface area contributed by atoms with E-state index in [1.165, 1.54) is 6.42 Å². The first-order valence-electron chi connectivity index (χ1n) is 17.8. The number of β-amino-alcohol motifs (C(OH)–C–C–N with tert-alkyl or cyclic N) is 1. The number of hydrogen-bond donors (Lipinski definition) is 2. The van der Waals surface area contributed by atoms with Crippen molar-refractivity contribution in [1.29, 1.82) is 0 Å². The standard InChI is InChI=1S/C39H46N4O5/c1-48-35-9-5-4-8-33(35)41-12-14-42(15-13-41)37(46)32(20-25-10-11-28-6-2-3-7-29(28)17-25)40-36(45)34-21-31(44)24-43(34)38(47)39-22-26-16-27(23-39)19-30(39)18-26/h2-11,17,26-27,30-32,34,44H,12-16,18-24H2,1H3,(H,40,45)/t26?,27?,30?,31-,32?,34?,39?/m1/s1. The molecule has 48 heavy (non-hydrogen) atoms. The quantitative estimate of drug-likeness (QED) is 0.382. The summed E-state index contributed by atoms with van der Waals surface area (Å²) < 4.78 is 5.58. The highest BCUT2D eigenvalue weighted by molar-refractivity contribution is 5.94. The number of carbonyl (C=O) groups excluding carboxylic acids is 3. The molecule has 9 rings (SSSR count). The molecule has 2 aliphatic heterocycles. The highest BCUT2D eigenvalue weighted by Crippen LogP contribution is 2.66. The Hall–Kier alpha value is -4.11. The summed E-state index contributed by atoms with van der Waals surface area (Å²) in [4.78, 5) is 48.5. The lowest BCUT2D eigenvalue weighted by molar-refractivity contribution is -0.149. The van der Waals surface area contributed by atoms with Gasteiger partial charge in [0, 0.05) is 45.6 Å². The predicted molar refractivity (Wildman–Crippen MR) is 183 cm³/mol. The average Bonchev–Trinajstić information content (AvgIpc) is 3.71. The highest BCUT2D eigenvalue weighted by atomic mass is 16.5. The van der Waals surface area contributed by atoms with Gasteiger partial charge in [-0.2, -0.15) is 0 Å². The summed E-state index contributed by atoms with van der Waals surface area (Å²) in [6.07, 6.45) is 5.05. The molecule has 4 unspecified atom stereocenters. The lowest BCUT2D eigenvalue weighted by Crippen LogP contribution is -2.58. The van der Waals surface area contributed by atoms with Crippen molar-refractivity contribution in [1.82, 2.24) is 15.1 Å². The molecule has 6 fully saturated rings. The Kier molecular flexibility index (Phi) is 8.06. The van der Waals surface area contributed by atoms with E-state index in [2.05, 4.69) is 34.5 Å². The molecule has 9 nitrogen and oxygen atoms in total. The molecule has 3 aromatic carbocycles. The molecule has 4 saturated carbocycles. The molecule has 6 aliphatic rings. The van der Waals surface area contributed by atoms with E-state index >= 15 is 0 Å². The van der Waals surface area contributed by atoms with Gasteiger partial charge in [-0.3, -0.25) is 14.4 Å². The number of anilines is 1. The number of benzene rings is 3. The Morgan fingerprint density at radius 2 is 1.60 bits per heavy atom. The summed E-state index contributed by atoms with van der Waals surface area (Å²) in [5.74, 6) is 2.00. The van der Waals surface area contributed by atoms with Crippen molar-refractivity contribution in [2.45, 2.75) is 63.1 Å². The van der Waals surface area contributed by atoms with E-state index in [0.29, 0.717) is 50.4 Å². The molecule has 4 aliphatic carbocycles. The van der Waals surface area contributed by atoms with Crippen LogP contribution in [0.5, 0.6) is 5.75 Å². The van der Waals surface area contributed by atoms with E-state index in [4.69, 9.17) is 4.74 Å². The number of aliphatic hydroxyl groups is 1. The van der Waals surface area contributed by atoms with Gasteiger partial charge in [-0.25, -0.2) is 0 Å². The van der Waals surface area contributed by atoms with Crippen LogP contribution in [0.1, 0.15) is 44.1 Å². The zero-order valence-electron chi connectivity index (χ0n) is 27.7. The molecule has 5 atom stereocenters. The molecule has 4 bridgehead atoms. The minimum absolute atomic E-state index is 0.0544. The van der Waals surface area contributed by atoms with Crippen LogP contribution >= 0.6 is 0 Å². The summed E-state index contributed by atoms with van der Waals surface area (Å²) >= 11 is 0. The number of para-hydroxylation sites is 2. The molecule has 0 spiro atoms. The zero-order valence-corrected chi connectivity index (χ0v) is 27.7. The smallest absolute Gasteiger partial charge is 0.245 e. The van der Waals surface area contributed by atoms with E-state index in [9.17, 15) is 19.5 Å². The van der Waals surface area contributed by atoms with E-state index in [0.717, 1.165) is 53.5 Å². The number of aliphatic hydroxyl groups excluding tert-OH is 1. The Morgan fingerprint density at radius 3 is 2.35 bits per heavy atom. The molecule has 2 heterocycles. The van der Waals surface area contributed by atoms with E-state index in [-0.39, 0.29) is 36.1 Å². The Bertz CT molecular complexity index is 1710. The number of fused-ring (bicyclic) bond motifs is 1. The fraction of sp³-hybridized carbons (Fsp3) is 0.513. The van der Waals surface area contributed by atoms with Crippen molar-refractivity contribution in [2.75, 3.05) is 44.7 Å². The van der Waals surface area contributed by atoms with Gasteiger partial charge in [-0.05, 0) is 78.3 Å². The Labute approximate surface area is 282 Å². The van der Waals surface area contributed by atoms with Crippen LogP contribution in [0.15, 0.2) is 66.7 Å². The Morgan fingerprint density at radius 1 is 0.896 bits per heavy atom. The third-order valence-corrected chi connectivity index (χ3v) is 12.1. The molecule has 252 valence electrons. The van der Waals surface area contributed by atoms with Gasteiger partial charge in [-0.15, -0.1) is 0 Å². The predicted octanol–water partition coefficient (Wildman–Crippen LogP) is 4.01. The summed E-state index contributed by atoms with van der Waals surface area (Å²) in [6.45, 7) is 2.49. The molecule has 2 N–H and O–H groups in total. The lowest BCUT2D eigenvalue weighted by atomic mass is 9.74. The fourth-order valence-electron chi connectivity index (χ4n) is 10.1. The zero-order chi connectivity index (χ0) is 33.0. The van der Waals surface area contributed by atoms with Crippen LogP contribution in [0.25, 0.3) is 10.8 Å². The van der Waals surface area contributed by atoms with Crippen molar-refractivity contribution >= 4 is 34.2 Å². The summed E-state index contributed by atoms with van der Waals surface area (Å²) in [5.41, 5.74) is 1.58. The van der Waals surface area contributed by atoms with Crippen molar-refractivity contribution < 1.29 is 24.2 Å². The van der Waals surface area contributed by atoms with Crippen LogP contribution in [0.4, 0.5) is 5.69 Å². The lowest BCUT2D eigenvalue weighted by Gasteiger charge is -2.39. The largest absolute Gasteiger partial charge is 0.495 e. The van der Waals surface area contributed by atoms with Gasteiger partial charge in [0.25, 0.3) is 0 Å². The van der Waals surface area contributed by atoms with Gasteiger partial charge in [0.15, 0.2) is 0 Å². The van der Waals surface area contributed by atoms with Gasteiger partial charge in [0.1, 0.15) is 17.8 Å². The first-order valence-corrected chi connectivity index (χ1v) is 17.8. The van der Waals surface area contributed by atoms with Gasteiger partial charge in [0.05, 0.1) is 24.3 Å².